The average Bonchev–Trinajstić information content (AvgIpc) is 3.01. The fourth-order valence-electron chi connectivity index (χ4n) is 5.36. The van der Waals surface area contributed by atoms with E-state index in [-0.39, 0.29) is 36.1 Å². The van der Waals surface area contributed by atoms with Gasteiger partial charge in [-0.05, 0) is 78.8 Å². The minimum absolute atomic E-state index is 0. The van der Waals surface area contributed by atoms with Crippen LogP contribution in [-0.4, -0.2) is 71.4 Å². The number of hydrogen-bond acceptors (Lipinski definition) is 8. The van der Waals surface area contributed by atoms with Crippen molar-refractivity contribution in [3.05, 3.63) is 47.5 Å². The molecule has 0 saturated heterocycles. The molecule has 45 heavy (non-hydrogen) atoms. The Morgan fingerprint density at radius 1 is 0.822 bits per heavy atom. The van der Waals surface area contributed by atoms with E-state index in [1.165, 1.54) is 0 Å². The van der Waals surface area contributed by atoms with Crippen LogP contribution >= 0.6 is 12.4 Å². The van der Waals surface area contributed by atoms with Gasteiger partial charge in [-0.25, -0.2) is 0 Å². The maximum absolute atomic E-state index is 13.2. The SMILES string of the molecule is COCCCOc1cc(C[C@@H](C[C@H](N)[C@@H](O)C[C@H](C(=O)NCCc2ccc(OC)c(OC)c2)C(C)C)C(C)C)ccc1OC.Cl. The molecule has 9 nitrogen and oxygen atoms in total. The molecule has 0 spiro atoms. The van der Waals surface area contributed by atoms with Crippen molar-refractivity contribution in [2.75, 3.05) is 48.2 Å². The summed E-state index contributed by atoms with van der Waals surface area (Å²) in [4.78, 5) is 13.2. The molecule has 0 aromatic heterocycles. The van der Waals surface area contributed by atoms with Crippen molar-refractivity contribution in [1.82, 2.24) is 5.32 Å². The number of carbonyl (C=O) groups is 1. The third kappa shape index (κ3) is 13.3. The summed E-state index contributed by atoms with van der Waals surface area (Å²) in [6.45, 7) is 10.0. The lowest BCUT2D eigenvalue weighted by molar-refractivity contribution is -0.127. The third-order valence-electron chi connectivity index (χ3n) is 8.29. The number of ether oxygens (including phenoxy) is 5. The Morgan fingerprint density at radius 3 is 2.00 bits per heavy atom. The molecular formula is C35H57ClN2O7. The number of rotatable bonds is 21. The number of nitrogens with one attached hydrogen (secondary N) is 1. The van der Waals surface area contributed by atoms with Crippen LogP contribution in [0.2, 0.25) is 0 Å². The molecular weight excluding hydrogens is 596 g/mol. The second kappa shape index (κ2) is 21.1. The molecule has 4 N–H and O–H groups in total. The van der Waals surface area contributed by atoms with Crippen molar-refractivity contribution < 1.29 is 33.6 Å². The minimum Gasteiger partial charge on any atom is -0.493 e. The van der Waals surface area contributed by atoms with Gasteiger partial charge in [-0.15, -0.1) is 12.4 Å². The standard InChI is InChI=1S/C35H56N2O7.ClH/c1-23(2)27(18-26-11-13-32(42-7)34(20-26)44-17-9-16-40-5)21-29(36)30(38)22-28(24(3)4)35(39)37-15-14-25-10-12-31(41-6)33(19-25)43-8;/h10-13,19-20,23-24,27-30,38H,9,14-18,21-22,36H2,1-8H3,(H,37,39);1H/t27-,28-,29-,30-;/m0./s1. The lowest BCUT2D eigenvalue weighted by atomic mass is 9.81. The number of hydrogen-bond donors (Lipinski definition) is 3. The van der Waals surface area contributed by atoms with Gasteiger partial charge in [0, 0.05) is 38.6 Å². The summed E-state index contributed by atoms with van der Waals surface area (Å²) >= 11 is 0. The van der Waals surface area contributed by atoms with Gasteiger partial charge in [0.2, 0.25) is 5.91 Å². The highest BCUT2D eigenvalue weighted by atomic mass is 35.5. The zero-order valence-corrected chi connectivity index (χ0v) is 29.3. The first kappa shape index (κ1) is 40.3. The Bertz CT molecular complexity index is 1130. The Hall–Kier alpha value is -2.72. The van der Waals surface area contributed by atoms with Crippen LogP contribution in [0.3, 0.4) is 0 Å². The highest BCUT2D eigenvalue weighted by Crippen LogP contribution is 2.32. The molecule has 0 saturated carbocycles. The quantitative estimate of drug-likeness (QED) is 0.152. The molecule has 0 aliphatic carbocycles. The van der Waals surface area contributed by atoms with Gasteiger partial charge in [0.1, 0.15) is 0 Å². The van der Waals surface area contributed by atoms with Gasteiger partial charge in [-0.3, -0.25) is 4.79 Å². The Balaban J connectivity index is 0.0000101. The van der Waals surface area contributed by atoms with Crippen LogP contribution in [0.5, 0.6) is 23.0 Å². The summed E-state index contributed by atoms with van der Waals surface area (Å²) in [7, 11) is 6.52. The van der Waals surface area contributed by atoms with Crippen LogP contribution in [0.25, 0.3) is 0 Å². The molecule has 0 unspecified atom stereocenters. The lowest BCUT2D eigenvalue weighted by Crippen LogP contribution is -2.43. The summed E-state index contributed by atoms with van der Waals surface area (Å²) in [5, 5.41) is 14.2. The molecule has 0 aliphatic heterocycles. The molecule has 256 valence electrons. The molecule has 2 rings (SSSR count). The van der Waals surface area contributed by atoms with E-state index in [2.05, 4.69) is 25.2 Å². The van der Waals surface area contributed by atoms with E-state index < -0.39 is 12.1 Å². The summed E-state index contributed by atoms with van der Waals surface area (Å²) in [5.41, 5.74) is 8.76. The number of carbonyl (C=O) groups excluding carboxylic acids is 1. The number of nitrogens with two attached hydrogens (primary N) is 1. The number of methoxy groups -OCH3 is 4. The summed E-state index contributed by atoms with van der Waals surface area (Å²) < 4.78 is 27.3. The van der Waals surface area contributed by atoms with Crippen LogP contribution in [0.15, 0.2) is 36.4 Å². The predicted molar refractivity (Wildman–Crippen MR) is 182 cm³/mol. The first-order valence-corrected chi connectivity index (χ1v) is 15.7. The van der Waals surface area contributed by atoms with Crippen molar-refractivity contribution in [1.29, 1.82) is 0 Å². The summed E-state index contributed by atoms with van der Waals surface area (Å²) in [6.07, 6.45) is 2.39. The average molecular weight is 653 g/mol. The van der Waals surface area contributed by atoms with E-state index in [1.54, 1.807) is 28.4 Å². The normalized spacial score (nSPS) is 13.9. The van der Waals surface area contributed by atoms with Crippen molar-refractivity contribution in [2.24, 2.45) is 29.4 Å². The molecule has 0 radical (unpaired) electrons. The van der Waals surface area contributed by atoms with E-state index in [4.69, 9.17) is 29.4 Å². The molecule has 0 heterocycles. The molecule has 0 bridgehead atoms. The van der Waals surface area contributed by atoms with Crippen molar-refractivity contribution in [3.8, 4) is 23.0 Å². The largest absolute Gasteiger partial charge is 0.493 e. The van der Waals surface area contributed by atoms with Crippen molar-refractivity contribution in [2.45, 2.75) is 71.9 Å². The maximum atomic E-state index is 13.2. The van der Waals surface area contributed by atoms with Crippen LogP contribution in [0.4, 0.5) is 0 Å². The van der Waals surface area contributed by atoms with Gasteiger partial charge in [-0.2, -0.15) is 0 Å². The number of aliphatic hydroxyl groups is 1. The smallest absolute Gasteiger partial charge is 0.223 e. The summed E-state index contributed by atoms with van der Waals surface area (Å²) in [6, 6.07) is 11.3. The van der Waals surface area contributed by atoms with Gasteiger partial charge >= 0.3 is 0 Å². The molecule has 2 aromatic rings. The van der Waals surface area contributed by atoms with E-state index in [0.717, 1.165) is 24.0 Å². The van der Waals surface area contributed by atoms with E-state index in [0.29, 0.717) is 67.9 Å². The monoisotopic (exact) mass is 652 g/mol. The van der Waals surface area contributed by atoms with Gasteiger partial charge in [0.25, 0.3) is 0 Å². The van der Waals surface area contributed by atoms with Gasteiger partial charge in [0.05, 0.1) is 34.0 Å². The van der Waals surface area contributed by atoms with Crippen molar-refractivity contribution in [3.63, 3.8) is 0 Å². The maximum Gasteiger partial charge on any atom is 0.223 e. The zero-order chi connectivity index (χ0) is 32.6. The zero-order valence-electron chi connectivity index (χ0n) is 28.5. The number of benzene rings is 2. The molecule has 2 aromatic carbocycles. The van der Waals surface area contributed by atoms with Gasteiger partial charge in [-0.1, -0.05) is 39.8 Å². The third-order valence-corrected chi connectivity index (χ3v) is 8.29. The van der Waals surface area contributed by atoms with E-state index in [1.807, 2.05) is 44.2 Å². The predicted octanol–water partition coefficient (Wildman–Crippen LogP) is 5.46. The van der Waals surface area contributed by atoms with Crippen LogP contribution in [-0.2, 0) is 22.4 Å². The van der Waals surface area contributed by atoms with Crippen LogP contribution in [0, 0.1) is 23.7 Å². The van der Waals surface area contributed by atoms with Crippen molar-refractivity contribution >= 4 is 18.3 Å². The number of aliphatic hydroxyl groups excluding tert-OH is 1. The molecule has 10 heteroatoms. The fourth-order valence-corrected chi connectivity index (χ4v) is 5.36. The second-order valence-corrected chi connectivity index (χ2v) is 12.2. The number of amides is 1. The fraction of sp³-hybridized carbons (Fsp3) is 0.629. The molecule has 0 fully saturated rings. The summed E-state index contributed by atoms with van der Waals surface area (Å²) in [5.74, 6) is 2.96. The first-order valence-electron chi connectivity index (χ1n) is 15.7. The van der Waals surface area contributed by atoms with E-state index in [9.17, 15) is 9.90 Å². The lowest BCUT2D eigenvalue weighted by Gasteiger charge is -2.30. The molecule has 4 atom stereocenters. The Labute approximate surface area is 276 Å². The molecule has 1 amide bonds. The van der Waals surface area contributed by atoms with Gasteiger partial charge in [0.15, 0.2) is 23.0 Å². The van der Waals surface area contributed by atoms with Crippen LogP contribution in [0.1, 0.15) is 58.1 Å². The minimum atomic E-state index is -0.796. The van der Waals surface area contributed by atoms with Gasteiger partial charge < -0.3 is 39.8 Å². The second-order valence-electron chi connectivity index (χ2n) is 12.2. The Morgan fingerprint density at radius 2 is 1.42 bits per heavy atom. The Kier molecular flexibility index (Phi) is 18.9. The highest BCUT2D eigenvalue weighted by Gasteiger charge is 2.29. The topological polar surface area (TPSA) is 122 Å². The highest BCUT2D eigenvalue weighted by molar-refractivity contribution is 5.85. The first-order chi connectivity index (χ1) is 21.0. The van der Waals surface area contributed by atoms with Crippen LogP contribution < -0.4 is 30.0 Å². The van der Waals surface area contributed by atoms with E-state index >= 15 is 0 Å². The number of halogens is 1. The molecule has 0 aliphatic rings.